The molecule has 1 heterocycles. The SMILES string of the molecule is CCC1(CC)CCN(CC2CCCC(C)(C)C2N)CC1. The van der Waals surface area contributed by atoms with Gasteiger partial charge in [0.1, 0.15) is 0 Å². The Balaban J connectivity index is 1.86. The zero-order chi connectivity index (χ0) is 14.8. The van der Waals surface area contributed by atoms with E-state index >= 15 is 0 Å². The van der Waals surface area contributed by atoms with Gasteiger partial charge in [0, 0.05) is 12.6 Å². The van der Waals surface area contributed by atoms with Crippen LogP contribution in [0.1, 0.15) is 72.6 Å². The maximum atomic E-state index is 6.55. The topological polar surface area (TPSA) is 29.3 Å². The number of nitrogens with two attached hydrogens (primary N) is 1. The first-order valence-electron chi connectivity index (χ1n) is 8.90. The lowest BCUT2D eigenvalue weighted by Crippen LogP contribution is -2.51. The minimum absolute atomic E-state index is 0.343. The average Bonchev–Trinajstić information content (AvgIpc) is 2.45. The minimum Gasteiger partial charge on any atom is -0.327 e. The summed E-state index contributed by atoms with van der Waals surface area (Å²) in [6.07, 6.45) is 9.51. The molecule has 2 unspecified atom stereocenters. The normalized spacial score (nSPS) is 34.0. The van der Waals surface area contributed by atoms with Gasteiger partial charge in [-0.3, -0.25) is 0 Å². The van der Waals surface area contributed by atoms with Crippen molar-refractivity contribution in [3.8, 4) is 0 Å². The predicted octanol–water partition coefficient (Wildman–Crippen LogP) is 4.04. The zero-order valence-corrected chi connectivity index (χ0v) is 14.3. The standard InChI is InChI=1S/C18H36N2/c1-5-18(6-2)10-12-20(13-11-18)14-15-8-7-9-17(3,4)16(15)19/h15-16H,5-14,19H2,1-4H3. The van der Waals surface area contributed by atoms with Gasteiger partial charge in [-0.1, -0.05) is 47.0 Å². The van der Waals surface area contributed by atoms with Crippen LogP contribution >= 0.6 is 0 Å². The van der Waals surface area contributed by atoms with Gasteiger partial charge in [-0.15, -0.1) is 0 Å². The molecule has 0 amide bonds. The Hall–Kier alpha value is -0.0800. The minimum atomic E-state index is 0.343. The fraction of sp³-hybridized carbons (Fsp3) is 1.00. The number of likely N-dealkylation sites (tertiary alicyclic amines) is 1. The van der Waals surface area contributed by atoms with E-state index < -0.39 is 0 Å². The summed E-state index contributed by atoms with van der Waals surface area (Å²) in [5.74, 6) is 0.717. The first kappa shape index (κ1) is 16.3. The lowest BCUT2D eigenvalue weighted by molar-refractivity contribution is 0.0549. The van der Waals surface area contributed by atoms with Crippen molar-refractivity contribution in [3.63, 3.8) is 0 Å². The van der Waals surface area contributed by atoms with Crippen molar-refractivity contribution in [2.75, 3.05) is 19.6 Å². The van der Waals surface area contributed by atoms with Crippen molar-refractivity contribution in [3.05, 3.63) is 0 Å². The molecule has 20 heavy (non-hydrogen) atoms. The Bertz CT molecular complexity index is 297. The molecular formula is C18H36N2. The second-order valence-corrected chi connectivity index (χ2v) is 8.17. The van der Waals surface area contributed by atoms with Crippen LogP contribution in [0, 0.1) is 16.7 Å². The molecule has 118 valence electrons. The Morgan fingerprint density at radius 1 is 1.05 bits per heavy atom. The Kier molecular flexibility index (Phi) is 5.18. The molecule has 0 radical (unpaired) electrons. The molecule has 2 rings (SSSR count). The van der Waals surface area contributed by atoms with Crippen LogP contribution in [0.3, 0.4) is 0 Å². The quantitative estimate of drug-likeness (QED) is 0.842. The third-order valence-electron chi connectivity index (χ3n) is 6.72. The molecule has 2 N–H and O–H groups in total. The van der Waals surface area contributed by atoms with Crippen molar-refractivity contribution in [1.29, 1.82) is 0 Å². The van der Waals surface area contributed by atoms with Gasteiger partial charge in [-0.25, -0.2) is 0 Å². The van der Waals surface area contributed by atoms with Crippen molar-refractivity contribution >= 4 is 0 Å². The molecule has 0 aromatic heterocycles. The predicted molar refractivity (Wildman–Crippen MR) is 87.8 cm³/mol. The fourth-order valence-electron chi connectivity index (χ4n) is 4.51. The molecule has 2 heteroatoms. The third kappa shape index (κ3) is 3.39. The number of nitrogens with zero attached hydrogens (tertiary/aromatic N) is 1. The smallest absolute Gasteiger partial charge is 0.0131 e. The Morgan fingerprint density at radius 3 is 2.20 bits per heavy atom. The summed E-state index contributed by atoms with van der Waals surface area (Å²) >= 11 is 0. The Morgan fingerprint density at radius 2 is 1.65 bits per heavy atom. The summed E-state index contributed by atoms with van der Waals surface area (Å²) in [7, 11) is 0. The van der Waals surface area contributed by atoms with Crippen molar-refractivity contribution in [2.24, 2.45) is 22.5 Å². The van der Waals surface area contributed by atoms with Crippen LogP contribution in [-0.4, -0.2) is 30.6 Å². The van der Waals surface area contributed by atoms with Crippen molar-refractivity contribution in [2.45, 2.75) is 78.7 Å². The molecule has 1 aliphatic heterocycles. The van der Waals surface area contributed by atoms with Gasteiger partial charge in [0.2, 0.25) is 0 Å². The lowest BCUT2D eigenvalue weighted by Gasteiger charge is -2.46. The van der Waals surface area contributed by atoms with E-state index in [0.29, 0.717) is 16.9 Å². The van der Waals surface area contributed by atoms with Gasteiger partial charge in [-0.2, -0.15) is 0 Å². The van der Waals surface area contributed by atoms with Gasteiger partial charge in [0.05, 0.1) is 0 Å². The summed E-state index contributed by atoms with van der Waals surface area (Å²) in [5.41, 5.74) is 7.54. The largest absolute Gasteiger partial charge is 0.327 e. The van der Waals surface area contributed by atoms with Crippen LogP contribution in [0.2, 0.25) is 0 Å². The fourth-order valence-corrected chi connectivity index (χ4v) is 4.51. The average molecular weight is 281 g/mol. The van der Waals surface area contributed by atoms with E-state index in [1.807, 2.05) is 0 Å². The van der Waals surface area contributed by atoms with Crippen molar-refractivity contribution < 1.29 is 0 Å². The molecule has 0 aromatic rings. The van der Waals surface area contributed by atoms with Crippen LogP contribution in [0.4, 0.5) is 0 Å². The summed E-state index contributed by atoms with van der Waals surface area (Å²) in [5, 5.41) is 0. The van der Waals surface area contributed by atoms with E-state index in [2.05, 4.69) is 32.6 Å². The molecule has 1 saturated heterocycles. The summed E-state index contributed by atoms with van der Waals surface area (Å²) in [6, 6.07) is 0.389. The molecule has 1 aliphatic carbocycles. The van der Waals surface area contributed by atoms with Gasteiger partial charge in [-0.05, 0) is 55.5 Å². The molecule has 2 nitrogen and oxygen atoms in total. The second-order valence-electron chi connectivity index (χ2n) is 8.17. The second kappa shape index (κ2) is 6.36. The van der Waals surface area contributed by atoms with E-state index in [0.717, 1.165) is 5.92 Å². The molecule has 0 bridgehead atoms. The van der Waals surface area contributed by atoms with Crippen LogP contribution < -0.4 is 5.73 Å². The van der Waals surface area contributed by atoms with Crippen LogP contribution in [0.25, 0.3) is 0 Å². The van der Waals surface area contributed by atoms with E-state index in [-0.39, 0.29) is 0 Å². The summed E-state index contributed by atoms with van der Waals surface area (Å²) in [6.45, 7) is 13.3. The van der Waals surface area contributed by atoms with Gasteiger partial charge < -0.3 is 10.6 Å². The van der Waals surface area contributed by atoms with Crippen LogP contribution in [-0.2, 0) is 0 Å². The maximum Gasteiger partial charge on any atom is 0.0131 e. The van der Waals surface area contributed by atoms with Gasteiger partial charge in [0.15, 0.2) is 0 Å². The highest BCUT2D eigenvalue weighted by atomic mass is 15.1. The maximum absolute atomic E-state index is 6.55. The van der Waals surface area contributed by atoms with E-state index in [1.165, 1.54) is 64.6 Å². The Labute approximate surface area is 126 Å². The molecule has 2 atom stereocenters. The number of hydrogen-bond donors (Lipinski definition) is 1. The van der Waals surface area contributed by atoms with Gasteiger partial charge in [0.25, 0.3) is 0 Å². The molecule has 0 spiro atoms. The highest BCUT2D eigenvalue weighted by Gasteiger charge is 2.38. The highest BCUT2D eigenvalue weighted by Crippen LogP contribution is 2.40. The molecular weight excluding hydrogens is 244 g/mol. The van der Waals surface area contributed by atoms with Crippen LogP contribution in [0.5, 0.6) is 0 Å². The summed E-state index contributed by atoms with van der Waals surface area (Å²) in [4.78, 5) is 2.70. The lowest BCUT2D eigenvalue weighted by atomic mass is 9.68. The monoisotopic (exact) mass is 280 g/mol. The summed E-state index contributed by atoms with van der Waals surface area (Å²) < 4.78 is 0. The first-order valence-corrected chi connectivity index (χ1v) is 8.90. The number of piperidine rings is 1. The van der Waals surface area contributed by atoms with Gasteiger partial charge >= 0.3 is 0 Å². The molecule has 2 aliphatic rings. The van der Waals surface area contributed by atoms with E-state index in [4.69, 9.17) is 5.73 Å². The number of rotatable bonds is 4. The molecule has 1 saturated carbocycles. The van der Waals surface area contributed by atoms with Crippen molar-refractivity contribution in [1.82, 2.24) is 4.90 Å². The third-order valence-corrected chi connectivity index (χ3v) is 6.72. The molecule has 0 aromatic carbocycles. The number of hydrogen-bond acceptors (Lipinski definition) is 2. The first-order chi connectivity index (χ1) is 9.42. The molecule has 2 fully saturated rings. The highest BCUT2D eigenvalue weighted by molar-refractivity contribution is 4.93. The van der Waals surface area contributed by atoms with Crippen LogP contribution in [0.15, 0.2) is 0 Å². The van der Waals surface area contributed by atoms with E-state index in [9.17, 15) is 0 Å². The zero-order valence-electron chi connectivity index (χ0n) is 14.3. The van der Waals surface area contributed by atoms with E-state index in [1.54, 1.807) is 0 Å².